The summed E-state index contributed by atoms with van der Waals surface area (Å²) in [7, 11) is 0. The highest BCUT2D eigenvalue weighted by Crippen LogP contribution is 2.34. The van der Waals surface area contributed by atoms with Crippen LogP contribution in [0.2, 0.25) is 0 Å². The van der Waals surface area contributed by atoms with Crippen LogP contribution in [0.15, 0.2) is 24.3 Å². The van der Waals surface area contributed by atoms with Crippen molar-refractivity contribution in [1.82, 2.24) is 0 Å². The number of halogens is 2. The van der Waals surface area contributed by atoms with Gasteiger partial charge in [0.15, 0.2) is 0 Å². The van der Waals surface area contributed by atoms with Crippen LogP contribution in [-0.4, -0.2) is 0 Å². The normalized spacial score (nSPS) is 13.6. The Hall–Kier alpha value is -1.26. The molecule has 0 spiro atoms. The Morgan fingerprint density at radius 1 is 1.10 bits per heavy atom. The van der Waals surface area contributed by atoms with Gasteiger partial charge in [0.2, 0.25) is 0 Å². The van der Waals surface area contributed by atoms with E-state index in [1.54, 1.807) is 18.3 Å². The molecule has 1 aromatic heterocycles. The zero-order chi connectivity index (χ0) is 15.1. The lowest BCUT2D eigenvalue weighted by Gasteiger charge is -2.16. The summed E-state index contributed by atoms with van der Waals surface area (Å²) in [6.07, 6.45) is 0. The van der Waals surface area contributed by atoms with Gasteiger partial charge in [0, 0.05) is 21.4 Å². The largest absolute Gasteiger partial charge is 0.320 e. The lowest BCUT2D eigenvalue weighted by atomic mass is 9.95. The van der Waals surface area contributed by atoms with Crippen LogP contribution in [0.3, 0.4) is 0 Å². The molecule has 0 saturated carbocycles. The first-order valence-corrected chi connectivity index (χ1v) is 7.33. The first-order valence-electron chi connectivity index (χ1n) is 6.51. The number of benzene rings is 1. The first-order chi connectivity index (χ1) is 9.20. The van der Waals surface area contributed by atoms with Crippen molar-refractivity contribution in [2.24, 2.45) is 5.73 Å². The maximum Gasteiger partial charge on any atom is 0.131 e. The van der Waals surface area contributed by atoms with Crippen LogP contribution in [0.1, 0.15) is 47.7 Å². The molecule has 1 nitrogen and oxygen atoms in total. The molecule has 0 saturated heterocycles. The third-order valence-electron chi connectivity index (χ3n) is 3.29. The minimum Gasteiger partial charge on any atom is -0.320 e. The van der Waals surface area contributed by atoms with E-state index >= 15 is 0 Å². The molecule has 2 aromatic rings. The van der Waals surface area contributed by atoms with Crippen molar-refractivity contribution >= 4 is 11.3 Å². The summed E-state index contributed by atoms with van der Waals surface area (Å²) in [6.45, 7) is 7.98. The van der Waals surface area contributed by atoms with E-state index < -0.39 is 17.7 Å². The van der Waals surface area contributed by atoms with E-state index in [0.717, 1.165) is 10.9 Å². The molecule has 0 bridgehead atoms. The Balaban J connectivity index is 2.39. The second-order valence-electron chi connectivity index (χ2n) is 6.05. The van der Waals surface area contributed by atoms with Gasteiger partial charge in [-0.1, -0.05) is 20.8 Å². The molecule has 0 aliphatic carbocycles. The molecule has 0 radical (unpaired) electrons. The molecule has 0 fully saturated rings. The fourth-order valence-corrected chi connectivity index (χ4v) is 3.08. The topological polar surface area (TPSA) is 26.0 Å². The molecular weight excluding hydrogens is 276 g/mol. The van der Waals surface area contributed by atoms with Crippen molar-refractivity contribution in [3.63, 3.8) is 0 Å². The molecule has 1 atom stereocenters. The number of thiophene rings is 1. The molecule has 20 heavy (non-hydrogen) atoms. The van der Waals surface area contributed by atoms with Crippen LogP contribution in [0.5, 0.6) is 0 Å². The lowest BCUT2D eigenvalue weighted by molar-refractivity contribution is 0.561. The molecule has 4 heteroatoms. The van der Waals surface area contributed by atoms with E-state index in [2.05, 4.69) is 20.8 Å². The summed E-state index contributed by atoms with van der Waals surface area (Å²) in [4.78, 5) is 2.09. The summed E-state index contributed by atoms with van der Waals surface area (Å²) >= 11 is 1.58. The summed E-state index contributed by atoms with van der Waals surface area (Å²) in [5, 5.41) is 0. The second kappa shape index (κ2) is 5.26. The molecule has 0 aliphatic heterocycles. The summed E-state index contributed by atoms with van der Waals surface area (Å²) in [5.41, 5.74) is 6.93. The quantitative estimate of drug-likeness (QED) is 0.855. The third kappa shape index (κ3) is 2.91. The maximum absolute atomic E-state index is 13.9. The standard InChI is InChI=1S/C16H19F2NS/c1-9-7-10(12(18)8-11(9)17)15(19)13-5-6-14(20-13)16(2,3)4/h5-8,15H,19H2,1-4H3. The Kier molecular flexibility index (Phi) is 3.98. The molecule has 0 aliphatic rings. The Labute approximate surface area is 122 Å². The van der Waals surface area contributed by atoms with Crippen molar-refractivity contribution in [3.05, 3.63) is 56.8 Å². The van der Waals surface area contributed by atoms with Gasteiger partial charge in [-0.2, -0.15) is 0 Å². The van der Waals surface area contributed by atoms with Crippen molar-refractivity contribution in [2.75, 3.05) is 0 Å². The first kappa shape index (κ1) is 15.1. The van der Waals surface area contributed by atoms with E-state index in [1.807, 2.05) is 12.1 Å². The van der Waals surface area contributed by atoms with Crippen LogP contribution in [0.4, 0.5) is 8.78 Å². The third-order valence-corrected chi connectivity index (χ3v) is 4.88. The highest BCUT2D eigenvalue weighted by molar-refractivity contribution is 7.12. The SMILES string of the molecule is Cc1cc(C(N)c2ccc(C(C)(C)C)s2)c(F)cc1F. The molecular formula is C16H19F2NS. The zero-order valence-electron chi connectivity index (χ0n) is 12.1. The van der Waals surface area contributed by atoms with Crippen LogP contribution >= 0.6 is 11.3 Å². The minimum atomic E-state index is -0.591. The average Bonchev–Trinajstić information content (AvgIpc) is 2.82. The van der Waals surface area contributed by atoms with Crippen LogP contribution in [-0.2, 0) is 5.41 Å². The summed E-state index contributed by atoms with van der Waals surface area (Å²) in [5.74, 6) is -1.13. The monoisotopic (exact) mass is 295 g/mol. The fraction of sp³-hybridized carbons (Fsp3) is 0.375. The van der Waals surface area contributed by atoms with Gasteiger partial charge in [-0.15, -0.1) is 11.3 Å². The Bertz CT molecular complexity index is 626. The molecule has 1 unspecified atom stereocenters. The van der Waals surface area contributed by atoms with Gasteiger partial charge in [-0.25, -0.2) is 8.78 Å². The maximum atomic E-state index is 13.9. The predicted molar refractivity (Wildman–Crippen MR) is 80.1 cm³/mol. The highest BCUT2D eigenvalue weighted by atomic mass is 32.1. The van der Waals surface area contributed by atoms with Gasteiger partial charge >= 0.3 is 0 Å². The van der Waals surface area contributed by atoms with Crippen molar-refractivity contribution in [1.29, 1.82) is 0 Å². The number of aryl methyl sites for hydroxylation is 1. The van der Waals surface area contributed by atoms with E-state index in [9.17, 15) is 8.78 Å². The zero-order valence-corrected chi connectivity index (χ0v) is 12.9. The van der Waals surface area contributed by atoms with E-state index in [4.69, 9.17) is 5.73 Å². The number of rotatable bonds is 2. The van der Waals surface area contributed by atoms with Crippen LogP contribution in [0, 0.1) is 18.6 Å². The molecule has 1 aromatic carbocycles. The average molecular weight is 295 g/mol. The van der Waals surface area contributed by atoms with Gasteiger partial charge in [-0.3, -0.25) is 0 Å². The predicted octanol–water partition coefficient (Wildman–Crippen LogP) is 4.68. The summed E-state index contributed by atoms with van der Waals surface area (Å²) in [6, 6.07) is 5.78. The van der Waals surface area contributed by atoms with Gasteiger partial charge in [-0.05, 0) is 36.1 Å². The van der Waals surface area contributed by atoms with E-state index in [-0.39, 0.29) is 5.41 Å². The van der Waals surface area contributed by atoms with E-state index in [1.165, 1.54) is 10.9 Å². The number of nitrogens with two attached hydrogens (primary N) is 1. The van der Waals surface area contributed by atoms with Crippen LogP contribution in [0.25, 0.3) is 0 Å². The van der Waals surface area contributed by atoms with Crippen molar-refractivity contribution in [3.8, 4) is 0 Å². The molecule has 2 rings (SSSR count). The minimum absolute atomic E-state index is 0.0416. The highest BCUT2D eigenvalue weighted by Gasteiger charge is 2.21. The molecule has 108 valence electrons. The Morgan fingerprint density at radius 2 is 1.75 bits per heavy atom. The number of hydrogen-bond acceptors (Lipinski definition) is 2. The van der Waals surface area contributed by atoms with Gasteiger partial charge in [0.1, 0.15) is 11.6 Å². The van der Waals surface area contributed by atoms with Crippen molar-refractivity contribution in [2.45, 2.75) is 39.2 Å². The van der Waals surface area contributed by atoms with Gasteiger partial charge in [0.25, 0.3) is 0 Å². The Morgan fingerprint density at radius 3 is 2.30 bits per heavy atom. The summed E-state index contributed by atoms with van der Waals surface area (Å²) < 4.78 is 27.2. The van der Waals surface area contributed by atoms with Crippen molar-refractivity contribution < 1.29 is 8.78 Å². The van der Waals surface area contributed by atoms with E-state index in [0.29, 0.717) is 11.1 Å². The molecule has 1 heterocycles. The van der Waals surface area contributed by atoms with Gasteiger partial charge in [0.05, 0.1) is 6.04 Å². The molecule has 0 amide bonds. The fourth-order valence-electron chi connectivity index (χ4n) is 1.99. The lowest BCUT2D eigenvalue weighted by Crippen LogP contribution is -2.13. The smallest absolute Gasteiger partial charge is 0.131 e. The number of hydrogen-bond donors (Lipinski definition) is 1. The van der Waals surface area contributed by atoms with Gasteiger partial charge < -0.3 is 5.73 Å². The van der Waals surface area contributed by atoms with Crippen LogP contribution < -0.4 is 5.73 Å². The second-order valence-corrected chi connectivity index (χ2v) is 7.17. The molecule has 2 N–H and O–H groups in total.